The minimum absolute atomic E-state index is 0.0928. The van der Waals surface area contributed by atoms with Gasteiger partial charge in [0.15, 0.2) is 5.78 Å². The number of nitrogens with zero attached hydrogens (tertiary/aromatic N) is 3. The zero-order valence-electron chi connectivity index (χ0n) is 11.8. The first kappa shape index (κ1) is 13.3. The number of carbonyl (C=O) groups is 1. The van der Waals surface area contributed by atoms with Crippen LogP contribution in [0.3, 0.4) is 0 Å². The van der Waals surface area contributed by atoms with Gasteiger partial charge >= 0.3 is 0 Å². The number of benzene rings is 1. The molecule has 1 aromatic heterocycles. The first-order valence-electron chi connectivity index (χ1n) is 6.92. The molecular formula is C17H15N3O. The molecule has 0 unspecified atom stereocenters. The molecule has 1 aromatic carbocycles. The van der Waals surface area contributed by atoms with Crippen LogP contribution in [-0.2, 0) is 13.0 Å². The monoisotopic (exact) mass is 277 g/mol. The second-order valence-corrected chi connectivity index (χ2v) is 5.19. The fourth-order valence-electron chi connectivity index (χ4n) is 2.73. The van der Waals surface area contributed by atoms with Crippen molar-refractivity contribution in [2.75, 3.05) is 11.4 Å². The molecule has 1 aliphatic rings. The average molecular weight is 277 g/mol. The van der Waals surface area contributed by atoms with Gasteiger partial charge in [0.2, 0.25) is 0 Å². The molecule has 0 radical (unpaired) electrons. The van der Waals surface area contributed by atoms with Crippen molar-refractivity contribution in [3.8, 4) is 6.07 Å². The molecule has 21 heavy (non-hydrogen) atoms. The zero-order chi connectivity index (χ0) is 14.8. The lowest BCUT2D eigenvalue weighted by molar-refractivity contribution is 0.101. The predicted molar refractivity (Wildman–Crippen MR) is 80.2 cm³/mol. The number of Topliss-reactive ketones (excluding diaryl/α,β-unsaturated/α-hetero) is 1. The number of hydrogen-bond donors (Lipinski definition) is 0. The number of fused-ring (bicyclic) bond motifs is 1. The Morgan fingerprint density at radius 2 is 2.29 bits per heavy atom. The summed E-state index contributed by atoms with van der Waals surface area (Å²) >= 11 is 0. The molecule has 4 nitrogen and oxygen atoms in total. The molecule has 0 bridgehead atoms. The summed E-state index contributed by atoms with van der Waals surface area (Å²) in [5.41, 5.74) is 4.52. The normalized spacial score (nSPS) is 12.9. The summed E-state index contributed by atoms with van der Waals surface area (Å²) in [6.07, 6.45) is 2.57. The zero-order valence-corrected chi connectivity index (χ0v) is 11.8. The summed E-state index contributed by atoms with van der Waals surface area (Å²) in [5, 5.41) is 9.12. The molecule has 0 saturated heterocycles. The van der Waals surface area contributed by atoms with E-state index in [0.29, 0.717) is 12.2 Å². The first-order chi connectivity index (χ1) is 10.2. The van der Waals surface area contributed by atoms with Gasteiger partial charge in [0.1, 0.15) is 11.8 Å². The predicted octanol–water partition coefficient (Wildman–Crippen LogP) is 2.72. The van der Waals surface area contributed by atoms with Gasteiger partial charge in [0.25, 0.3) is 0 Å². The molecule has 0 aliphatic carbocycles. The summed E-state index contributed by atoms with van der Waals surface area (Å²) in [7, 11) is 0. The topological polar surface area (TPSA) is 57.0 Å². The summed E-state index contributed by atoms with van der Waals surface area (Å²) in [6, 6.07) is 11.8. The van der Waals surface area contributed by atoms with E-state index in [1.807, 2.05) is 30.3 Å². The number of aromatic nitrogens is 1. The van der Waals surface area contributed by atoms with Crippen molar-refractivity contribution in [3.05, 3.63) is 58.9 Å². The van der Waals surface area contributed by atoms with Gasteiger partial charge in [-0.25, -0.2) is 4.98 Å². The van der Waals surface area contributed by atoms with Gasteiger partial charge in [0.05, 0.1) is 0 Å². The molecule has 2 aromatic rings. The van der Waals surface area contributed by atoms with E-state index in [4.69, 9.17) is 5.26 Å². The lowest BCUT2D eigenvalue weighted by atomic mass is 10.1. The van der Waals surface area contributed by atoms with Crippen LogP contribution in [0.15, 0.2) is 36.5 Å². The van der Waals surface area contributed by atoms with Crippen LogP contribution in [0, 0.1) is 11.3 Å². The van der Waals surface area contributed by atoms with Crippen molar-refractivity contribution < 1.29 is 4.79 Å². The Kier molecular flexibility index (Phi) is 3.41. The van der Waals surface area contributed by atoms with E-state index in [1.54, 1.807) is 13.1 Å². The van der Waals surface area contributed by atoms with Gasteiger partial charge in [-0.3, -0.25) is 4.79 Å². The molecular weight excluding hydrogens is 262 g/mol. The Labute approximate surface area is 123 Å². The number of hydrogen-bond acceptors (Lipinski definition) is 4. The number of rotatable bonds is 3. The quantitative estimate of drug-likeness (QED) is 0.809. The molecule has 4 heteroatoms. The second-order valence-electron chi connectivity index (χ2n) is 5.19. The van der Waals surface area contributed by atoms with Crippen LogP contribution in [0.5, 0.6) is 0 Å². The molecule has 0 saturated carbocycles. The van der Waals surface area contributed by atoms with E-state index < -0.39 is 0 Å². The average Bonchev–Trinajstić information content (AvgIpc) is 2.90. The van der Waals surface area contributed by atoms with Crippen LogP contribution in [0.1, 0.15) is 34.1 Å². The summed E-state index contributed by atoms with van der Waals surface area (Å²) in [4.78, 5) is 17.8. The van der Waals surface area contributed by atoms with Crippen LogP contribution >= 0.6 is 0 Å². The third-order valence-electron chi connectivity index (χ3n) is 3.84. The molecule has 0 fully saturated rings. The minimum Gasteiger partial charge on any atom is -0.367 e. The number of anilines is 1. The molecule has 0 N–H and O–H groups in total. The van der Waals surface area contributed by atoms with Crippen molar-refractivity contribution in [2.24, 2.45) is 0 Å². The van der Waals surface area contributed by atoms with E-state index in [9.17, 15) is 4.79 Å². The number of ketones is 1. The summed E-state index contributed by atoms with van der Waals surface area (Å²) < 4.78 is 0. The molecule has 0 atom stereocenters. The SMILES string of the molecule is CC(=O)c1ccc2c(c1)CCN2Cc1cccnc1C#N. The maximum Gasteiger partial charge on any atom is 0.159 e. The van der Waals surface area contributed by atoms with E-state index in [1.165, 1.54) is 5.56 Å². The van der Waals surface area contributed by atoms with E-state index in [-0.39, 0.29) is 5.78 Å². The third kappa shape index (κ3) is 2.50. The lowest BCUT2D eigenvalue weighted by Gasteiger charge is -2.20. The van der Waals surface area contributed by atoms with Crippen molar-refractivity contribution in [1.29, 1.82) is 5.26 Å². The third-order valence-corrected chi connectivity index (χ3v) is 3.84. The highest BCUT2D eigenvalue weighted by molar-refractivity contribution is 5.94. The Morgan fingerprint density at radius 3 is 3.05 bits per heavy atom. The number of nitriles is 1. The summed E-state index contributed by atoms with van der Waals surface area (Å²) in [5.74, 6) is 0.0928. The maximum absolute atomic E-state index is 11.4. The molecule has 0 spiro atoms. The molecule has 0 amide bonds. The van der Waals surface area contributed by atoms with Crippen molar-refractivity contribution in [1.82, 2.24) is 4.98 Å². The van der Waals surface area contributed by atoms with Gasteiger partial charge in [-0.1, -0.05) is 6.07 Å². The van der Waals surface area contributed by atoms with Gasteiger partial charge in [-0.15, -0.1) is 0 Å². The van der Waals surface area contributed by atoms with E-state index in [2.05, 4.69) is 16.0 Å². The first-order valence-corrected chi connectivity index (χ1v) is 6.92. The van der Waals surface area contributed by atoms with Crippen LogP contribution < -0.4 is 4.90 Å². The molecule has 1 aliphatic heterocycles. The highest BCUT2D eigenvalue weighted by Gasteiger charge is 2.21. The lowest BCUT2D eigenvalue weighted by Crippen LogP contribution is -2.20. The summed E-state index contributed by atoms with van der Waals surface area (Å²) in [6.45, 7) is 3.16. The molecule has 104 valence electrons. The van der Waals surface area contributed by atoms with Crippen LogP contribution in [0.4, 0.5) is 5.69 Å². The molecule has 3 rings (SSSR count). The van der Waals surface area contributed by atoms with Crippen molar-refractivity contribution in [2.45, 2.75) is 19.9 Å². The largest absolute Gasteiger partial charge is 0.367 e. The van der Waals surface area contributed by atoms with E-state index in [0.717, 1.165) is 29.8 Å². The van der Waals surface area contributed by atoms with E-state index >= 15 is 0 Å². The Balaban J connectivity index is 1.88. The smallest absolute Gasteiger partial charge is 0.159 e. The minimum atomic E-state index is 0.0928. The van der Waals surface area contributed by atoms with Gasteiger partial charge in [0, 0.05) is 36.1 Å². The maximum atomic E-state index is 11.4. The Hall–Kier alpha value is -2.67. The number of carbonyl (C=O) groups excluding carboxylic acids is 1. The highest BCUT2D eigenvalue weighted by Crippen LogP contribution is 2.30. The second kappa shape index (κ2) is 5.37. The van der Waals surface area contributed by atoms with Gasteiger partial charge < -0.3 is 4.90 Å². The fourth-order valence-corrected chi connectivity index (χ4v) is 2.73. The molecule has 2 heterocycles. The highest BCUT2D eigenvalue weighted by atomic mass is 16.1. The van der Waals surface area contributed by atoms with Gasteiger partial charge in [-0.05, 0) is 43.2 Å². The Bertz CT molecular complexity index is 746. The number of pyridine rings is 1. The Morgan fingerprint density at radius 1 is 1.43 bits per heavy atom. The van der Waals surface area contributed by atoms with Crippen LogP contribution in [0.2, 0.25) is 0 Å². The standard InChI is InChI=1S/C17H15N3O/c1-12(21)13-4-5-17-14(9-13)6-8-20(17)11-15-3-2-7-19-16(15)10-18/h2-5,7,9H,6,8,11H2,1H3. The van der Waals surface area contributed by atoms with Crippen molar-refractivity contribution in [3.63, 3.8) is 0 Å². The van der Waals surface area contributed by atoms with Crippen LogP contribution in [0.25, 0.3) is 0 Å². The fraction of sp³-hybridized carbons (Fsp3) is 0.235. The van der Waals surface area contributed by atoms with Gasteiger partial charge in [-0.2, -0.15) is 5.26 Å². The van der Waals surface area contributed by atoms with Crippen molar-refractivity contribution >= 4 is 11.5 Å². The van der Waals surface area contributed by atoms with Crippen LogP contribution in [-0.4, -0.2) is 17.3 Å².